The number of aromatic nitrogens is 2. The molecule has 1 aliphatic heterocycles. The van der Waals surface area contributed by atoms with E-state index in [9.17, 15) is 21.6 Å². The zero-order valence-corrected chi connectivity index (χ0v) is 23.1. The Labute approximate surface area is 235 Å². The van der Waals surface area contributed by atoms with E-state index in [2.05, 4.69) is 20.2 Å². The van der Waals surface area contributed by atoms with Crippen molar-refractivity contribution in [3.63, 3.8) is 0 Å². The Kier molecular flexibility index (Phi) is 8.35. The fourth-order valence-electron chi connectivity index (χ4n) is 5.82. The van der Waals surface area contributed by atoms with E-state index in [1.54, 1.807) is 6.07 Å². The predicted molar refractivity (Wildman–Crippen MR) is 144 cm³/mol. The number of halogens is 5. The van der Waals surface area contributed by atoms with Crippen molar-refractivity contribution >= 4 is 27.1 Å². The van der Waals surface area contributed by atoms with Gasteiger partial charge in [-0.2, -0.15) is 13.2 Å². The molecule has 1 N–H and O–H groups in total. The highest BCUT2D eigenvalue weighted by Crippen LogP contribution is 2.40. The summed E-state index contributed by atoms with van der Waals surface area (Å²) in [5, 5.41) is 3.42. The van der Waals surface area contributed by atoms with Gasteiger partial charge in [0, 0.05) is 18.3 Å². The highest BCUT2D eigenvalue weighted by atomic mass is 35.5. The second-order valence-corrected chi connectivity index (χ2v) is 12.8. The minimum Gasteiger partial charge on any atom is -0.379 e. The Balaban J connectivity index is 1.36. The van der Waals surface area contributed by atoms with Crippen LogP contribution in [-0.2, 0) is 21.8 Å². The van der Waals surface area contributed by atoms with Gasteiger partial charge in [-0.05, 0) is 80.9 Å². The molecule has 214 valence electrons. The molecule has 1 saturated carbocycles. The molecule has 12 heteroatoms. The van der Waals surface area contributed by atoms with Gasteiger partial charge in [-0.3, -0.25) is 4.90 Å². The van der Waals surface area contributed by atoms with Crippen molar-refractivity contribution in [1.29, 1.82) is 0 Å². The average molecular weight is 597 g/mol. The van der Waals surface area contributed by atoms with Crippen molar-refractivity contribution in [3.8, 4) is 0 Å². The van der Waals surface area contributed by atoms with E-state index in [0.717, 1.165) is 44.1 Å². The van der Waals surface area contributed by atoms with Crippen molar-refractivity contribution in [1.82, 2.24) is 14.9 Å². The van der Waals surface area contributed by atoms with Crippen LogP contribution in [0.2, 0.25) is 5.02 Å². The molecule has 0 spiro atoms. The van der Waals surface area contributed by atoms with Gasteiger partial charge >= 0.3 is 6.18 Å². The predicted octanol–water partition coefficient (Wildman–Crippen LogP) is 6.47. The van der Waals surface area contributed by atoms with Gasteiger partial charge in [0.25, 0.3) is 0 Å². The van der Waals surface area contributed by atoms with Gasteiger partial charge < -0.3 is 5.32 Å². The SMILES string of the molecule is O=S(=O)(Cc1ccncn1)c1cc(Cl)c(N[C@H]2CC[C@H](c3cccc(C(F)(F)F)c3)C[C@@H]2N2CCCC2)cc1F. The van der Waals surface area contributed by atoms with Crippen LogP contribution in [0.3, 0.4) is 0 Å². The number of hydrogen-bond acceptors (Lipinski definition) is 6. The van der Waals surface area contributed by atoms with Gasteiger partial charge in [0.1, 0.15) is 17.0 Å². The second-order valence-electron chi connectivity index (χ2n) is 10.4. The van der Waals surface area contributed by atoms with Crippen molar-refractivity contribution in [3.05, 3.63) is 82.6 Å². The molecule has 0 amide bonds. The molecule has 5 rings (SSSR count). The number of rotatable bonds is 7. The Morgan fingerprint density at radius 2 is 1.85 bits per heavy atom. The van der Waals surface area contributed by atoms with E-state index < -0.39 is 38.0 Å². The maximum Gasteiger partial charge on any atom is 0.416 e. The number of anilines is 1. The molecular formula is C28H29ClF4N4O2S. The number of nitrogens with zero attached hydrogens (tertiary/aromatic N) is 3. The summed E-state index contributed by atoms with van der Waals surface area (Å²) in [6, 6.07) is 9.06. The third-order valence-electron chi connectivity index (χ3n) is 7.79. The van der Waals surface area contributed by atoms with Crippen LogP contribution in [0, 0.1) is 5.82 Å². The first-order valence-electron chi connectivity index (χ1n) is 13.2. The molecule has 6 nitrogen and oxygen atoms in total. The number of hydrogen-bond donors (Lipinski definition) is 1. The molecule has 1 aromatic heterocycles. The molecule has 40 heavy (non-hydrogen) atoms. The summed E-state index contributed by atoms with van der Waals surface area (Å²) < 4.78 is 81.0. The minimum absolute atomic E-state index is 0.00362. The van der Waals surface area contributed by atoms with Crippen molar-refractivity contribution < 1.29 is 26.0 Å². The molecule has 0 bridgehead atoms. The van der Waals surface area contributed by atoms with Crippen LogP contribution in [0.5, 0.6) is 0 Å². The molecule has 2 aliphatic rings. The van der Waals surface area contributed by atoms with Crippen molar-refractivity contribution in [2.75, 3.05) is 18.4 Å². The van der Waals surface area contributed by atoms with Gasteiger partial charge in [0.15, 0.2) is 9.84 Å². The summed E-state index contributed by atoms with van der Waals surface area (Å²) in [5.74, 6) is -1.46. The summed E-state index contributed by atoms with van der Waals surface area (Å²) >= 11 is 6.48. The zero-order chi connectivity index (χ0) is 28.5. The normalized spacial score (nSPS) is 22.4. The monoisotopic (exact) mass is 596 g/mol. The standard InChI is InChI=1S/C28H29ClF4N4O2S/c29-22-14-27(40(38,39)16-21-8-9-34-17-35-21)23(30)15-25(22)36-24-7-6-19(13-26(24)37-10-1-2-11-37)18-4-3-5-20(12-18)28(31,32)33/h3-5,8-9,12,14-15,17,19,24,26,36H,1-2,6-7,10-11,13,16H2/t19-,24-,26-/m0/s1. The fraction of sp³-hybridized carbons (Fsp3) is 0.429. The first-order valence-corrected chi connectivity index (χ1v) is 15.2. The molecule has 0 unspecified atom stereocenters. The lowest BCUT2D eigenvalue weighted by Gasteiger charge is -2.42. The summed E-state index contributed by atoms with van der Waals surface area (Å²) in [6.45, 7) is 1.75. The van der Waals surface area contributed by atoms with E-state index in [4.69, 9.17) is 11.6 Å². The van der Waals surface area contributed by atoms with Crippen LogP contribution in [0.15, 0.2) is 59.9 Å². The van der Waals surface area contributed by atoms with Gasteiger partial charge in [0.2, 0.25) is 0 Å². The van der Waals surface area contributed by atoms with Crippen LogP contribution in [-0.4, -0.2) is 48.5 Å². The lowest BCUT2D eigenvalue weighted by atomic mass is 9.77. The lowest BCUT2D eigenvalue weighted by Crippen LogP contribution is -2.49. The molecule has 3 atom stereocenters. The maximum absolute atomic E-state index is 15.2. The third kappa shape index (κ3) is 6.42. The molecule has 1 aliphatic carbocycles. The number of sulfone groups is 1. The van der Waals surface area contributed by atoms with E-state index in [1.807, 2.05) is 0 Å². The Morgan fingerprint density at radius 1 is 1.07 bits per heavy atom. The van der Waals surface area contributed by atoms with E-state index >= 15 is 4.39 Å². The number of likely N-dealkylation sites (tertiary alicyclic amines) is 1. The topological polar surface area (TPSA) is 75.2 Å². The van der Waals surface area contributed by atoms with Crippen LogP contribution in [0.4, 0.5) is 23.2 Å². The summed E-state index contributed by atoms with van der Waals surface area (Å²) in [4.78, 5) is 9.49. The van der Waals surface area contributed by atoms with E-state index in [-0.39, 0.29) is 34.4 Å². The molecule has 2 aromatic carbocycles. The first-order chi connectivity index (χ1) is 19.0. The Hall–Kier alpha value is -2.76. The maximum atomic E-state index is 15.2. The Bertz CT molecular complexity index is 1450. The van der Waals surface area contributed by atoms with Crippen molar-refractivity contribution in [2.24, 2.45) is 0 Å². The van der Waals surface area contributed by atoms with Gasteiger partial charge in [-0.15, -0.1) is 0 Å². The number of alkyl halides is 3. The Morgan fingerprint density at radius 3 is 2.55 bits per heavy atom. The molecule has 2 heterocycles. The van der Waals surface area contributed by atoms with Crippen LogP contribution < -0.4 is 5.32 Å². The van der Waals surface area contributed by atoms with Crippen LogP contribution in [0.25, 0.3) is 0 Å². The second kappa shape index (κ2) is 11.6. The summed E-state index contributed by atoms with van der Waals surface area (Å²) in [7, 11) is -4.06. The van der Waals surface area contributed by atoms with Gasteiger partial charge in [-0.1, -0.05) is 29.8 Å². The first kappa shape index (κ1) is 28.8. The molecule has 3 aromatic rings. The third-order valence-corrected chi connectivity index (χ3v) is 9.76. The van der Waals surface area contributed by atoms with Gasteiger partial charge in [0.05, 0.1) is 27.7 Å². The molecule has 2 fully saturated rings. The lowest BCUT2D eigenvalue weighted by molar-refractivity contribution is -0.137. The van der Waals surface area contributed by atoms with Crippen LogP contribution in [0.1, 0.15) is 54.8 Å². The summed E-state index contributed by atoms with van der Waals surface area (Å²) in [6.07, 6.45) is 2.22. The van der Waals surface area contributed by atoms with Gasteiger partial charge in [-0.25, -0.2) is 22.8 Å². The highest BCUT2D eigenvalue weighted by Gasteiger charge is 2.38. The smallest absolute Gasteiger partial charge is 0.379 e. The summed E-state index contributed by atoms with van der Waals surface area (Å²) in [5.41, 5.74) is 0.533. The van der Waals surface area contributed by atoms with E-state index in [0.29, 0.717) is 24.8 Å². The highest BCUT2D eigenvalue weighted by molar-refractivity contribution is 7.90. The fourth-order valence-corrected chi connectivity index (χ4v) is 7.47. The molecule has 0 radical (unpaired) electrons. The minimum atomic E-state index is -4.40. The quantitative estimate of drug-likeness (QED) is 0.315. The largest absolute Gasteiger partial charge is 0.416 e. The van der Waals surface area contributed by atoms with Crippen LogP contribution >= 0.6 is 11.6 Å². The molecule has 1 saturated heterocycles. The van der Waals surface area contributed by atoms with Crippen molar-refractivity contribution in [2.45, 2.75) is 66.9 Å². The number of benzene rings is 2. The number of nitrogens with one attached hydrogen (secondary N) is 1. The molecular weight excluding hydrogens is 568 g/mol. The zero-order valence-electron chi connectivity index (χ0n) is 21.5. The van der Waals surface area contributed by atoms with E-state index in [1.165, 1.54) is 30.7 Å². The average Bonchev–Trinajstić information content (AvgIpc) is 3.45.